The number of aliphatic hydroxyl groups excluding tert-OH is 2. The van der Waals surface area contributed by atoms with Crippen molar-refractivity contribution in [2.24, 2.45) is 5.41 Å². The average Bonchev–Trinajstić information content (AvgIpc) is 2.38. The highest BCUT2D eigenvalue weighted by atomic mass is 16.3. The summed E-state index contributed by atoms with van der Waals surface area (Å²) in [7, 11) is 0. The maximum absolute atomic E-state index is 8.77. The number of hydrogen-bond donors (Lipinski definition) is 2. The lowest BCUT2D eigenvalue weighted by atomic mass is 9.78. The van der Waals surface area contributed by atoms with Gasteiger partial charge in [0.05, 0.1) is 5.76 Å². The van der Waals surface area contributed by atoms with Gasteiger partial charge in [0.15, 0.2) is 0 Å². The van der Waals surface area contributed by atoms with E-state index in [0.717, 1.165) is 0 Å². The Morgan fingerprint density at radius 1 is 1.14 bits per heavy atom. The molecule has 0 saturated carbocycles. The van der Waals surface area contributed by atoms with Crippen molar-refractivity contribution in [3.05, 3.63) is 72.2 Å². The minimum atomic E-state index is 0.00463. The first-order valence-electron chi connectivity index (χ1n) is 7.12. The van der Waals surface area contributed by atoms with Crippen molar-refractivity contribution in [3.63, 3.8) is 0 Å². The third-order valence-corrected chi connectivity index (χ3v) is 3.24. The zero-order valence-electron chi connectivity index (χ0n) is 13.8. The summed E-state index contributed by atoms with van der Waals surface area (Å²) in [5.41, 5.74) is 1.80. The van der Waals surface area contributed by atoms with Gasteiger partial charge < -0.3 is 10.2 Å². The molecule has 0 radical (unpaired) electrons. The van der Waals surface area contributed by atoms with Crippen LogP contribution in [0.4, 0.5) is 0 Å². The standard InChI is InChI=1S/C12H18.C7H10O2/c1-10(12(2,3)4)11-8-6-5-7-9-11;1-3-4-7(9)5-6(2)8/h5-10H,1-4H3;3-5,8-9H,1H2,2H3/b;6-5+,7-4+. The maximum atomic E-state index is 8.77. The Labute approximate surface area is 129 Å². The molecule has 0 amide bonds. The predicted octanol–water partition coefficient (Wildman–Crippen LogP) is 5.91. The lowest BCUT2D eigenvalue weighted by Gasteiger charge is -2.27. The molecule has 1 aromatic rings. The van der Waals surface area contributed by atoms with Gasteiger partial charge in [0, 0.05) is 6.08 Å². The molecule has 0 spiro atoms. The molecule has 1 aromatic carbocycles. The van der Waals surface area contributed by atoms with E-state index in [4.69, 9.17) is 10.2 Å². The van der Waals surface area contributed by atoms with Crippen molar-refractivity contribution in [2.45, 2.75) is 40.5 Å². The van der Waals surface area contributed by atoms with E-state index in [1.165, 1.54) is 30.7 Å². The topological polar surface area (TPSA) is 40.5 Å². The van der Waals surface area contributed by atoms with Gasteiger partial charge in [0.25, 0.3) is 0 Å². The molecule has 0 aliphatic rings. The highest BCUT2D eigenvalue weighted by molar-refractivity contribution is 5.20. The van der Waals surface area contributed by atoms with Gasteiger partial charge in [-0.05, 0) is 29.9 Å². The van der Waals surface area contributed by atoms with Crippen LogP contribution in [0.2, 0.25) is 0 Å². The number of hydrogen-bond acceptors (Lipinski definition) is 2. The third kappa shape index (κ3) is 8.74. The summed E-state index contributed by atoms with van der Waals surface area (Å²) in [6.45, 7) is 14.0. The van der Waals surface area contributed by atoms with Gasteiger partial charge in [-0.25, -0.2) is 0 Å². The second-order valence-corrected chi connectivity index (χ2v) is 6.11. The van der Waals surface area contributed by atoms with Crippen LogP contribution in [0.15, 0.2) is 66.7 Å². The molecule has 0 bridgehead atoms. The Bertz CT molecular complexity index is 472. The van der Waals surface area contributed by atoms with E-state index in [0.29, 0.717) is 11.3 Å². The van der Waals surface area contributed by atoms with Crippen LogP contribution in [-0.2, 0) is 0 Å². The van der Waals surface area contributed by atoms with Gasteiger partial charge in [0.1, 0.15) is 5.76 Å². The molecular formula is C19H28O2. The van der Waals surface area contributed by atoms with Crippen LogP contribution in [0.1, 0.15) is 46.1 Å². The SMILES string of the molecule is C=C/C=C(O)\C=C(/C)O.CC(c1ccccc1)C(C)(C)C. The normalized spacial score (nSPS) is 14.0. The van der Waals surface area contributed by atoms with Crippen LogP contribution in [0.25, 0.3) is 0 Å². The summed E-state index contributed by atoms with van der Waals surface area (Å²) in [5, 5.41) is 17.3. The number of aliphatic hydroxyl groups is 2. The van der Waals surface area contributed by atoms with Crippen LogP contribution >= 0.6 is 0 Å². The van der Waals surface area contributed by atoms with Gasteiger partial charge in [-0.2, -0.15) is 0 Å². The summed E-state index contributed by atoms with van der Waals surface area (Å²) in [5.74, 6) is 0.703. The van der Waals surface area contributed by atoms with Crippen molar-refractivity contribution < 1.29 is 10.2 Å². The van der Waals surface area contributed by atoms with E-state index in [1.54, 1.807) is 0 Å². The number of benzene rings is 1. The molecule has 2 N–H and O–H groups in total. The molecule has 1 atom stereocenters. The second-order valence-electron chi connectivity index (χ2n) is 6.11. The Morgan fingerprint density at radius 3 is 2.05 bits per heavy atom. The quantitative estimate of drug-likeness (QED) is 0.536. The fourth-order valence-electron chi connectivity index (χ4n) is 1.62. The summed E-state index contributed by atoms with van der Waals surface area (Å²) in [6, 6.07) is 10.7. The largest absolute Gasteiger partial charge is 0.512 e. The first-order valence-corrected chi connectivity index (χ1v) is 7.12. The van der Waals surface area contributed by atoms with Crippen LogP contribution in [0.5, 0.6) is 0 Å². The maximum Gasteiger partial charge on any atom is 0.118 e. The molecule has 116 valence electrons. The Morgan fingerprint density at radius 2 is 1.67 bits per heavy atom. The van der Waals surface area contributed by atoms with E-state index in [9.17, 15) is 0 Å². The van der Waals surface area contributed by atoms with E-state index in [2.05, 4.69) is 64.6 Å². The van der Waals surface area contributed by atoms with Gasteiger partial charge in [-0.3, -0.25) is 0 Å². The van der Waals surface area contributed by atoms with Crippen molar-refractivity contribution in [2.75, 3.05) is 0 Å². The summed E-state index contributed by atoms with van der Waals surface area (Å²) in [4.78, 5) is 0. The van der Waals surface area contributed by atoms with Gasteiger partial charge in [-0.1, -0.05) is 70.7 Å². The monoisotopic (exact) mass is 288 g/mol. The molecule has 1 unspecified atom stereocenters. The molecule has 0 aromatic heterocycles. The van der Waals surface area contributed by atoms with Crippen molar-refractivity contribution >= 4 is 0 Å². The minimum absolute atomic E-state index is 0.00463. The van der Waals surface area contributed by atoms with Gasteiger partial charge in [-0.15, -0.1) is 0 Å². The van der Waals surface area contributed by atoms with Crippen LogP contribution < -0.4 is 0 Å². The molecule has 0 heterocycles. The Hall–Kier alpha value is -1.96. The highest BCUT2D eigenvalue weighted by Crippen LogP contribution is 2.33. The predicted molar refractivity (Wildman–Crippen MR) is 91.6 cm³/mol. The van der Waals surface area contributed by atoms with Crippen molar-refractivity contribution in [1.29, 1.82) is 0 Å². The molecule has 1 rings (SSSR count). The number of allylic oxidation sites excluding steroid dienone is 4. The minimum Gasteiger partial charge on any atom is -0.512 e. The highest BCUT2D eigenvalue weighted by Gasteiger charge is 2.20. The number of rotatable bonds is 3. The zero-order chi connectivity index (χ0) is 16.5. The Kier molecular flexibility index (Phi) is 8.22. The first-order chi connectivity index (χ1) is 9.68. The van der Waals surface area contributed by atoms with Gasteiger partial charge >= 0.3 is 0 Å². The van der Waals surface area contributed by atoms with Gasteiger partial charge in [0.2, 0.25) is 0 Å². The fraction of sp³-hybridized carbons (Fsp3) is 0.368. The third-order valence-electron chi connectivity index (χ3n) is 3.24. The molecule has 2 nitrogen and oxygen atoms in total. The van der Waals surface area contributed by atoms with Crippen LogP contribution in [0.3, 0.4) is 0 Å². The summed E-state index contributed by atoms with van der Waals surface area (Å²) < 4.78 is 0. The summed E-state index contributed by atoms with van der Waals surface area (Å²) in [6.07, 6.45) is 4.07. The molecule has 0 saturated heterocycles. The van der Waals surface area contributed by atoms with E-state index >= 15 is 0 Å². The smallest absolute Gasteiger partial charge is 0.118 e. The molecular weight excluding hydrogens is 260 g/mol. The van der Waals surface area contributed by atoms with Crippen molar-refractivity contribution in [1.82, 2.24) is 0 Å². The lowest BCUT2D eigenvalue weighted by molar-refractivity contribution is 0.339. The average molecular weight is 288 g/mol. The van der Waals surface area contributed by atoms with E-state index in [1.807, 2.05) is 0 Å². The molecule has 0 aliphatic carbocycles. The second kappa shape index (κ2) is 9.06. The fourth-order valence-corrected chi connectivity index (χ4v) is 1.62. The Balaban J connectivity index is 0.000000400. The first kappa shape index (κ1) is 19.0. The molecule has 21 heavy (non-hydrogen) atoms. The van der Waals surface area contributed by atoms with E-state index < -0.39 is 0 Å². The van der Waals surface area contributed by atoms with Crippen LogP contribution in [0, 0.1) is 5.41 Å². The summed E-state index contributed by atoms with van der Waals surface area (Å²) >= 11 is 0. The van der Waals surface area contributed by atoms with Crippen LogP contribution in [-0.4, -0.2) is 10.2 Å². The molecule has 2 heteroatoms. The van der Waals surface area contributed by atoms with Crippen molar-refractivity contribution in [3.8, 4) is 0 Å². The molecule has 0 aliphatic heterocycles. The zero-order valence-corrected chi connectivity index (χ0v) is 13.8. The lowest BCUT2D eigenvalue weighted by Crippen LogP contribution is -2.14. The van der Waals surface area contributed by atoms with E-state index in [-0.39, 0.29) is 11.5 Å². The molecule has 0 fully saturated rings.